The molecular formula is C18H17N5O5. The fourth-order valence-corrected chi connectivity index (χ4v) is 2.66. The maximum Gasteiger partial charge on any atom is 0.360 e. The van der Waals surface area contributed by atoms with Gasteiger partial charge in [0.15, 0.2) is 5.82 Å². The number of carbonyl (C=O) groups is 1. The lowest BCUT2D eigenvalue weighted by Gasteiger charge is -2.21. The van der Waals surface area contributed by atoms with Gasteiger partial charge < -0.3 is 15.1 Å². The van der Waals surface area contributed by atoms with Crippen molar-refractivity contribution in [3.8, 4) is 5.69 Å². The minimum Gasteiger partial charge on any atom is -0.476 e. The highest BCUT2D eigenvalue weighted by atomic mass is 16.6. The number of hydrogen-bond acceptors (Lipinski definition) is 7. The average molecular weight is 383 g/mol. The molecule has 0 aliphatic heterocycles. The maximum absolute atomic E-state index is 11.7. The molecule has 0 atom stereocenters. The van der Waals surface area contributed by atoms with Gasteiger partial charge in [-0.05, 0) is 17.7 Å². The van der Waals surface area contributed by atoms with Gasteiger partial charge in [0.25, 0.3) is 5.69 Å². The molecule has 28 heavy (non-hydrogen) atoms. The number of anilines is 1. The number of benzene rings is 2. The minimum atomic E-state index is -1.26. The van der Waals surface area contributed by atoms with Gasteiger partial charge in [-0.15, -0.1) is 15.0 Å². The molecule has 0 saturated carbocycles. The predicted molar refractivity (Wildman–Crippen MR) is 99.6 cm³/mol. The number of aromatic nitrogens is 3. The van der Waals surface area contributed by atoms with E-state index in [1.807, 2.05) is 30.3 Å². The molecule has 3 aromatic rings. The summed E-state index contributed by atoms with van der Waals surface area (Å²) in [6, 6.07) is 14.8. The molecule has 0 amide bonds. The summed E-state index contributed by atoms with van der Waals surface area (Å²) in [5.41, 5.74) is 0.920. The molecule has 2 aromatic carbocycles. The third kappa shape index (κ3) is 4.13. The van der Waals surface area contributed by atoms with Gasteiger partial charge in [0.2, 0.25) is 5.69 Å². The number of non-ortho nitro benzene ring substituents is 1. The predicted octanol–water partition coefficient (Wildman–Crippen LogP) is 1.87. The second-order valence-corrected chi connectivity index (χ2v) is 5.87. The maximum atomic E-state index is 11.7. The Kier molecular flexibility index (Phi) is 5.61. The Balaban J connectivity index is 1.98. The number of nitro groups is 1. The lowest BCUT2D eigenvalue weighted by Crippen LogP contribution is -2.28. The van der Waals surface area contributed by atoms with Crippen molar-refractivity contribution < 1.29 is 19.9 Å². The highest BCUT2D eigenvalue weighted by Gasteiger charge is 2.24. The summed E-state index contributed by atoms with van der Waals surface area (Å²) >= 11 is 0. The Hall–Kier alpha value is -3.79. The molecule has 0 bridgehead atoms. The van der Waals surface area contributed by atoms with E-state index in [4.69, 9.17) is 0 Å². The van der Waals surface area contributed by atoms with Crippen molar-refractivity contribution in [1.29, 1.82) is 0 Å². The number of nitro benzene ring substituents is 1. The number of aromatic carboxylic acids is 1. The number of rotatable bonds is 8. The summed E-state index contributed by atoms with van der Waals surface area (Å²) in [6.45, 7) is 0.297. The van der Waals surface area contributed by atoms with Crippen molar-refractivity contribution in [2.24, 2.45) is 0 Å². The van der Waals surface area contributed by atoms with Crippen LogP contribution in [0.5, 0.6) is 0 Å². The number of nitrogens with zero attached hydrogens (tertiary/aromatic N) is 5. The summed E-state index contributed by atoms with van der Waals surface area (Å²) in [5.74, 6) is -1.16. The molecule has 10 heteroatoms. The smallest absolute Gasteiger partial charge is 0.360 e. The van der Waals surface area contributed by atoms with Crippen molar-refractivity contribution in [2.75, 3.05) is 18.1 Å². The van der Waals surface area contributed by atoms with Gasteiger partial charge in [-0.2, -0.15) is 0 Å². The average Bonchev–Trinajstić information content (AvgIpc) is 3.14. The molecule has 3 rings (SSSR count). The minimum absolute atomic E-state index is 0.0967. The third-order valence-electron chi connectivity index (χ3n) is 3.98. The largest absolute Gasteiger partial charge is 0.476 e. The van der Waals surface area contributed by atoms with E-state index >= 15 is 0 Å². The van der Waals surface area contributed by atoms with Crippen LogP contribution in [0.2, 0.25) is 0 Å². The Labute approximate surface area is 159 Å². The van der Waals surface area contributed by atoms with Crippen LogP contribution in [-0.4, -0.2) is 49.3 Å². The molecule has 0 unspecified atom stereocenters. The fraction of sp³-hybridized carbons (Fsp3) is 0.167. The van der Waals surface area contributed by atoms with Crippen LogP contribution >= 0.6 is 0 Å². The van der Waals surface area contributed by atoms with Gasteiger partial charge in [0, 0.05) is 25.2 Å². The molecule has 0 radical (unpaired) electrons. The van der Waals surface area contributed by atoms with Gasteiger partial charge in [-0.1, -0.05) is 30.3 Å². The molecule has 0 saturated heterocycles. The van der Waals surface area contributed by atoms with Crippen LogP contribution in [0.4, 0.5) is 11.5 Å². The summed E-state index contributed by atoms with van der Waals surface area (Å²) in [4.78, 5) is 24.7. The van der Waals surface area contributed by atoms with E-state index in [0.29, 0.717) is 12.2 Å². The number of aliphatic hydroxyl groups excluding tert-OH is 1. The van der Waals surface area contributed by atoms with Gasteiger partial charge >= 0.3 is 5.97 Å². The summed E-state index contributed by atoms with van der Waals surface area (Å²) in [7, 11) is 0. The summed E-state index contributed by atoms with van der Waals surface area (Å²) in [6.07, 6.45) is 0. The SMILES string of the molecule is O=C(O)c1nn(-c2ccc([N+](=O)[O-])cc2)nc1N(CCO)Cc1ccccc1. The molecule has 0 fully saturated rings. The second-order valence-electron chi connectivity index (χ2n) is 5.87. The van der Waals surface area contributed by atoms with E-state index in [1.54, 1.807) is 4.90 Å². The molecule has 0 spiro atoms. The number of aliphatic hydroxyl groups is 1. The highest BCUT2D eigenvalue weighted by Crippen LogP contribution is 2.21. The van der Waals surface area contributed by atoms with Crippen LogP contribution in [-0.2, 0) is 6.54 Å². The Bertz CT molecular complexity index is 972. The van der Waals surface area contributed by atoms with Crippen LogP contribution in [0.3, 0.4) is 0 Å². The molecule has 0 aliphatic rings. The van der Waals surface area contributed by atoms with Crippen molar-refractivity contribution in [3.63, 3.8) is 0 Å². The van der Waals surface area contributed by atoms with E-state index in [2.05, 4.69) is 10.2 Å². The quantitative estimate of drug-likeness (QED) is 0.445. The Morgan fingerprint density at radius 3 is 2.36 bits per heavy atom. The zero-order valence-electron chi connectivity index (χ0n) is 14.7. The van der Waals surface area contributed by atoms with E-state index in [1.165, 1.54) is 24.3 Å². The van der Waals surface area contributed by atoms with E-state index in [0.717, 1.165) is 10.4 Å². The van der Waals surface area contributed by atoms with E-state index in [9.17, 15) is 25.1 Å². The molecule has 144 valence electrons. The van der Waals surface area contributed by atoms with Crippen LogP contribution in [0.15, 0.2) is 54.6 Å². The Morgan fingerprint density at radius 2 is 1.79 bits per heavy atom. The van der Waals surface area contributed by atoms with Crippen molar-refractivity contribution in [2.45, 2.75) is 6.54 Å². The lowest BCUT2D eigenvalue weighted by molar-refractivity contribution is -0.384. The number of carboxylic acids is 1. The molecule has 1 heterocycles. The number of carboxylic acid groups (broad SMARTS) is 1. The van der Waals surface area contributed by atoms with E-state index < -0.39 is 10.9 Å². The monoisotopic (exact) mass is 383 g/mol. The summed E-state index contributed by atoms with van der Waals surface area (Å²) in [5, 5.41) is 38.0. The van der Waals surface area contributed by atoms with Gasteiger partial charge in [-0.25, -0.2) is 4.79 Å². The first-order valence-corrected chi connectivity index (χ1v) is 8.35. The third-order valence-corrected chi connectivity index (χ3v) is 3.98. The van der Waals surface area contributed by atoms with Crippen LogP contribution in [0, 0.1) is 10.1 Å². The second kappa shape index (κ2) is 8.27. The van der Waals surface area contributed by atoms with Gasteiger partial charge in [0.05, 0.1) is 17.2 Å². The topological polar surface area (TPSA) is 135 Å². The van der Waals surface area contributed by atoms with Gasteiger partial charge in [0.1, 0.15) is 0 Å². The number of hydrogen-bond donors (Lipinski definition) is 2. The molecular weight excluding hydrogens is 366 g/mol. The van der Waals surface area contributed by atoms with Crippen LogP contribution in [0.25, 0.3) is 5.69 Å². The van der Waals surface area contributed by atoms with E-state index in [-0.39, 0.29) is 30.4 Å². The standard InChI is InChI=1S/C18H17N5O5/c24-11-10-21(12-13-4-2-1-3-5-13)17-16(18(25)26)19-22(20-17)14-6-8-15(9-7-14)23(27)28/h1-9,24H,10-12H2,(H,25,26). The molecule has 10 nitrogen and oxygen atoms in total. The summed E-state index contributed by atoms with van der Waals surface area (Å²) < 4.78 is 0. The first-order valence-electron chi connectivity index (χ1n) is 8.35. The van der Waals surface area contributed by atoms with Gasteiger partial charge in [-0.3, -0.25) is 10.1 Å². The lowest BCUT2D eigenvalue weighted by atomic mass is 10.2. The first-order chi connectivity index (χ1) is 13.5. The Morgan fingerprint density at radius 1 is 1.11 bits per heavy atom. The van der Waals surface area contributed by atoms with Crippen molar-refractivity contribution in [3.05, 3.63) is 76.0 Å². The van der Waals surface area contributed by atoms with Crippen molar-refractivity contribution in [1.82, 2.24) is 15.0 Å². The van der Waals surface area contributed by atoms with Crippen LogP contribution < -0.4 is 4.90 Å². The fourth-order valence-electron chi connectivity index (χ4n) is 2.66. The normalized spacial score (nSPS) is 10.6. The van der Waals surface area contributed by atoms with Crippen molar-refractivity contribution >= 4 is 17.5 Å². The zero-order chi connectivity index (χ0) is 20.1. The zero-order valence-corrected chi connectivity index (χ0v) is 14.7. The van der Waals surface area contributed by atoms with Crippen LogP contribution in [0.1, 0.15) is 16.1 Å². The highest BCUT2D eigenvalue weighted by molar-refractivity contribution is 5.91. The molecule has 2 N–H and O–H groups in total. The molecule has 1 aromatic heterocycles. The first kappa shape index (κ1) is 19.0. The molecule has 0 aliphatic carbocycles.